The zero-order valence-corrected chi connectivity index (χ0v) is 13.3. The Hall–Kier alpha value is -0.153. The van der Waals surface area contributed by atoms with Crippen LogP contribution in [0.25, 0.3) is 0 Å². The van der Waals surface area contributed by atoms with Crippen molar-refractivity contribution in [3.05, 3.63) is 0 Å². The molecule has 0 aromatic carbocycles. The Morgan fingerprint density at radius 2 is 1.76 bits per heavy atom. The minimum Gasteiger partial charge on any atom is -0.417 e. The molecule has 1 saturated carbocycles. The SMILES string of the molecule is CC[C@@H]1CC(=O)C[C@@H]1CO[Si](C)(C)C(C)(C)C. The molecule has 0 N–H and O–H groups in total. The number of Topliss-reactive ketones (excluding diaryl/α,β-unsaturated/α-hetero) is 1. The van der Waals surface area contributed by atoms with E-state index in [1.807, 2.05) is 0 Å². The lowest BCUT2D eigenvalue weighted by Crippen LogP contribution is -2.42. The van der Waals surface area contributed by atoms with E-state index in [1.54, 1.807) is 0 Å². The molecule has 0 amide bonds. The molecule has 3 heteroatoms. The number of hydrogen-bond donors (Lipinski definition) is 0. The predicted octanol–water partition coefficient (Wildman–Crippen LogP) is 4.01. The fourth-order valence-corrected chi connectivity index (χ4v) is 3.27. The van der Waals surface area contributed by atoms with E-state index in [1.165, 1.54) is 0 Å². The van der Waals surface area contributed by atoms with E-state index >= 15 is 0 Å². The van der Waals surface area contributed by atoms with Crippen molar-refractivity contribution in [2.24, 2.45) is 11.8 Å². The van der Waals surface area contributed by atoms with E-state index in [9.17, 15) is 4.79 Å². The smallest absolute Gasteiger partial charge is 0.191 e. The lowest BCUT2D eigenvalue weighted by molar-refractivity contribution is -0.117. The molecule has 0 saturated heterocycles. The number of rotatable bonds is 4. The molecule has 1 aliphatic rings. The van der Waals surface area contributed by atoms with Crippen LogP contribution in [-0.4, -0.2) is 20.7 Å². The maximum Gasteiger partial charge on any atom is 0.191 e. The summed E-state index contributed by atoms with van der Waals surface area (Å²) in [5.41, 5.74) is 0. The third-order valence-electron chi connectivity index (χ3n) is 4.64. The first-order valence-electron chi connectivity index (χ1n) is 6.83. The molecule has 1 fully saturated rings. The number of ketones is 1. The van der Waals surface area contributed by atoms with Crippen LogP contribution in [0.1, 0.15) is 47.0 Å². The van der Waals surface area contributed by atoms with Gasteiger partial charge in [-0.05, 0) is 30.0 Å². The summed E-state index contributed by atoms with van der Waals surface area (Å²) in [5, 5.41) is 0.261. The van der Waals surface area contributed by atoms with E-state index in [0.29, 0.717) is 17.6 Å². The molecule has 17 heavy (non-hydrogen) atoms. The average Bonchev–Trinajstić information content (AvgIpc) is 2.54. The third-order valence-corrected chi connectivity index (χ3v) is 9.14. The summed E-state index contributed by atoms with van der Waals surface area (Å²) >= 11 is 0. The van der Waals surface area contributed by atoms with Crippen molar-refractivity contribution in [2.45, 2.75) is 65.1 Å². The molecule has 0 bridgehead atoms. The summed E-state index contributed by atoms with van der Waals surface area (Å²) in [6, 6.07) is 0. The normalized spacial score (nSPS) is 26.6. The first-order valence-corrected chi connectivity index (χ1v) is 9.74. The summed E-state index contributed by atoms with van der Waals surface area (Å²) in [4.78, 5) is 11.5. The quantitative estimate of drug-likeness (QED) is 0.710. The molecule has 0 unspecified atom stereocenters. The van der Waals surface area contributed by atoms with Gasteiger partial charge in [0.1, 0.15) is 5.78 Å². The Bertz CT molecular complexity index is 278. The highest BCUT2D eigenvalue weighted by Gasteiger charge is 2.39. The van der Waals surface area contributed by atoms with Crippen LogP contribution in [0.3, 0.4) is 0 Å². The first-order chi connectivity index (χ1) is 7.67. The number of carbonyl (C=O) groups is 1. The first kappa shape index (κ1) is 14.9. The topological polar surface area (TPSA) is 26.3 Å². The minimum atomic E-state index is -1.65. The lowest BCUT2D eigenvalue weighted by atomic mass is 9.95. The van der Waals surface area contributed by atoms with Crippen molar-refractivity contribution in [1.29, 1.82) is 0 Å². The van der Waals surface area contributed by atoms with Crippen LogP contribution in [0.15, 0.2) is 0 Å². The van der Waals surface area contributed by atoms with Crippen LogP contribution in [0.5, 0.6) is 0 Å². The second kappa shape index (κ2) is 5.23. The highest BCUT2D eigenvalue weighted by atomic mass is 28.4. The molecular formula is C14H28O2Si. The van der Waals surface area contributed by atoms with Crippen molar-refractivity contribution < 1.29 is 9.22 Å². The summed E-state index contributed by atoms with van der Waals surface area (Å²) in [6.45, 7) is 14.3. The molecule has 1 aliphatic carbocycles. The summed E-state index contributed by atoms with van der Waals surface area (Å²) in [7, 11) is -1.65. The van der Waals surface area contributed by atoms with Crippen LogP contribution in [0.4, 0.5) is 0 Å². The fourth-order valence-electron chi connectivity index (χ4n) is 2.21. The van der Waals surface area contributed by atoms with Gasteiger partial charge >= 0.3 is 0 Å². The molecule has 0 spiro atoms. The van der Waals surface area contributed by atoms with Crippen molar-refractivity contribution in [1.82, 2.24) is 0 Å². The maximum atomic E-state index is 11.5. The molecule has 0 radical (unpaired) electrons. The highest BCUT2D eigenvalue weighted by Crippen LogP contribution is 2.39. The molecule has 0 aliphatic heterocycles. The van der Waals surface area contributed by atoms with Gasteiger partial charge in [0.15, 0.2) is 8.32 Å². The van der Waals surface area contributed by atoms with Gasteiger partial charge in [-0.15, -0.1) is 0 Å². The monoisotopic (exact) mass is 256 g/mol. The Kier molecular flexibility index (Phi) is 4.58. The van der Waals surface area contributed by atoms with Crippen LogP contribution in [0, 0.1) is 11.8 Å². The summed E-state index contributed by atoms with van der Waals surface area (Å²) < 4.78 is 6.24. The van der Waals surface area contributed by atoms with E-state index < -0.39 is 8.32 Å². The zero-order chi connectivity index (χ0) is 13.3. The van der Waals surface area contributed by atoms with Gasteiger partial charge in [0.25, 0.3) is 0 Å². The van der Waals surface area contributed by atoms with Crippen molar-refractivity contribution in [3.63, 3.8) is 0 Å². The van der Waals surface area contributed by atoms with Crippen LogP contribution in [0.2, 0.25) is 18.1 Å². The van der Waals surface area contributed by atoms with Gasteiger partial charge in [-0.25, -0.2) is 0 Å². The molecule has 0 aromatic rings. The Morgan fingerprint density at radius 3 is 2.24 bits per heavy atom. The van der Waals surface area contributed by atoms with E-state index in [4.69, 9.17) is 4.43 Å². The Morgan fingerprint density at radius 1 is 1.24 bits per heavy atom. The second-order valence-corrected chi connectivity index (χ2v) is 11.8. The lowest BCUT2D eigenvalue weighted by Gasteiger charge is -2.37. The average molecular weight is 256 g/mol. The van der Waals surface area contributed by atoms with Gasteiger partial charge in [-0.2, -0.15) is 0 Å². The van der Waals surface area contributed by atoms with E-state index in [-0.39, 0.29) is 5.04 Å². The van der Waals surface area contributed by atoms with Crippen molar-refractivity contribution in [2.75, 3.05) is 6.61 Å². The molecule has 100 valence electrons. The molecular weight excluding hydrogens is 228 g/mol. The molecule has 0 aromatic heterocycles. The second-order valence-electron chi connectivity index (χ2n) is 6.95. The van der Waals surface area contributed by atoms with E-state index in [2.05, 4.69) is 40.8 Å². The fraction of sp³-hybridized carbons (Fsp3) is 0.929. The van der Waals surface area contributed by atoms with Crippen molar-refractivity contribution in [3.8, 4) is 0 Å². The summed E-state index contributed by atoms with van der Waals surface area (Å²) in [5.74, 6) is 1.47. The van der Waals surface area contributed by atoms with Gasteiger partial charge in [0.2, 0.25) is 0 Å². The van der Waals surface area contributed by atoms with Gasteiger partial charge in [0, 0.05) is 19.4 Å². The third kappa shape index (κ3) is 3.65. The molecule has 2 atom stereocenters. The number of hydrogen-bond acceptors (Lipinski definition) is 2. The van der Waals surface area contributed by atoms with Crippen LogP contribution in [-0.2, 0) is 9.22 Å². The maximum absolute atomic E-state index is 11.5. The zero-order valence-electron chi connectivity index (χ0n) is 12.3. The largest absolute Gasteiger partial charge is 0.417 e. The van der Waals surface area contributed by atoms with Crippen LogP contribution < -0.4 is 0 Å². The van der Waals surface area contributed by atoms with Crippen LogP contribution >= 0.6 is 0 Å². The highest BCUT2D eigenvalue weighted by molar-refractivity contribution is 6.74. The predicted molar refractivity (Wildman–Crippen MR) is 74.7 cm³/mol. The van der Waals surface area contributed by atoms with Gasteiger partial charge in [-0.3, -0.25) is 4.79 Å². The van der Waals surface area contributed by atoms with Crippen molar-refractivity contribution >= 4 is 14.1 Å². The number of carbonyl (C=O) groups excluding carboxylic acids is 1. The van der Waals surface area contributed by atoms with Gasteiger partial charge in [-0.1, -0.05) is 34.1 Å². The molecule has 2 nitrogen and oxygen atoms in total. The van der Waals surface area contributed by atoms with E-state index in [0.717, 1.165) is 25.9 Å². The summed E-state index contributed by atoms with van der Waals surface area (Å²) in [6.07, 6.45) is 2.63. The van der Waals surface area contributed by atoms with Gasteiger partial charge < -0.3 is 4.43 Å². The molecule has 1 rings (SSSR count). The van der Waals surface area contributed by atoms with Gasteiger partial charge in [0.05, 0.1) is 0 Å². The standard InChI is InChI=1S/C14H28O2Si/c1-7-11-8-13(15)9-12(11)10-16-17(5,6)14(2,3)4/h11-12H,7-10H2,1-6H3/t11-,12-/m1/s1. The Balaban J connectivity index is 2.53. The Labute approximate surface area is 107 Å². The molecule has 0 heterocycles. The minimum absolute atomic E-state index is 0.261.